The van der Waals surface area contributed by atoms with E-state index in [0.29, 0.717) is 17.0 Å². The van der Waals surface area contributed by atoms with Gasteiger partial charge in [-0.25, -0.2) is 9.67 Å². The fraction of sp³-hybridized carbons (Fsp3) is 0.280. The van der Waals surface area contributed by atoms with E-state index in [1.807, 2.05) is 32.9 Å². The number of carbonyl (C=O) groups is 2. The highest BCUT2D eigenvalue weighted by Crippen LogP contribution is 2.42. The Morgan fingerprint density at radius 2 is 1.87 bits per heavy atom. The highest BCUT2D eigenvalue weighted by atomic mass is 79.9. The summed E-state index contributed by atoms with van der Waals surface area (Å²) in [5.41, 5.74) is -1.27. The van der Waals surface area contributed by atoms with Crippen LogP contribution in [0.1, 0.15) is 43.4 Å². The molecule has 0 spiro atoms. The number of halogens is 6. The molecule has 0 aromatic carbocycles. The third kappa shape index (κ3) is 5.97. The average Bonchev–Trinajstić information content (AvgIpc) is 3.26. The molecule has 2 aromatic heterocycles. The van der Waals surface area contributed by atoms with Crippen LogP contribution in [0.3, 0.4) is 0 Å². The number of allylic oxidation sites excluding steroid dienone is 6. The molecule has 2 heterocycles. The first-order valence-corrected chi connectivity index (χ1v) is 13.2. The third-order valence-corrected chi connectivity index (χ3v) is 7.25. The van der Waals surface area contributed by atoms with Crippen LogP contribution in [0.4, 0.5) is 13.2 Å². The number of alkyl halides is 3. The minimum atomic E-state index is -4.83. The topological polar surface area (TPSA) is 88.9 Å². The van der Waals surface area contributed by atoms with Crippen LogP contribution in [-0.4, -0.2) is 32.1 Å². The number of hydrogen-bond acceptors (Lipinski definition) is 4. The summed E-state index contributed by atoms with van der Waals surface area (Å²) >= 11 is 13.2. The van der Waals surface area contributed by atoms with Gasteiger partial charge in [0.15, 0.2) is 11.5 Å². The second-order valence-corrected chi connectivity index (χ2v) is 11.8. The van der Waals surface area contributed by atoms with Crippen molar-refractivity contribution in [3.05, 3.63) is 84.8 Å². The van der Waals surface area contributed by atoms with Crippen LogP contribution in [0.5, 0.6) is 0 Å². The Kier molecular flexibility index (Phi) is 7.79. The van der Waals surface area contributed by atoms with Gasteiger partial charge >= 0.3 is 6.18 Å². The van der Waals surface area contributed by atoms with Gasteiger partial charge in [-0.2, -0.15) is 18.3 Å². The minimum absolute atomic E-state index is 0.00542. The van der Waals surface area contributed by atoms with Gasteiger partial charge in [0.05, 0.1) is 16.3 Å². The minimum Gasteiger partial charge on any atom is -0.347 e. The molecule has 2 aliphatic rings. The largest absolute Gasteiger partial charge is 0.435 e. The molecule has 0 fully saturated rings. The molecule has 4 rings (SSSR count). The van der Waals surface area contributed by atoms with Crippen LogP contribution in [0, 0.1) is 5.92 Å². The number of amides is 2. The Morgan fingerprint density at radius 1 is 1.16 bits per heavy atom. The van der Waals surface area contributed by atoms with E-state index in [-0.39, 0.29) is 28.0 Å². The van der Waals surface area contributed by atoms with Gasteiger partial charge in [-0.05, 0) is 65.3 Å². The summed E-state index contributed by atoms with van der Waals surface area (Å²) in [6, 6.07) is 3.52. The summed E-state index contributed by atoms with van der Waals surface area (Å²) in [5, 5.41) is 9.06. The molecule has 0 aliphatic heterocycles. The molecule has 0 radical (unpaired) electrons. The van der Waals surface area contributed by atoms with E-state index in [2.05, 4.69) is 52.6 Å². The van der Waals surface area contributed by atoms with Crippen LogP contribution in [0.25, 0.3) is 5.82 Å². The smallest absolute Gasteiger partial charge is 0.347 e. The quantitative estimate of drug-likeness (QED) is 0.395. The molecule has 2 amide bonds. The summed E-state index contributed by atoms with van der Waals surface area (Å²) in [6.45, 7) is 5.43. The van der Waals surface area contributed by atoms with Crippen LogP contribution in [0.15, 0.2) is 68.4 Å². The zero-order valence-electron chi connectivity index (χ0n) is 20.3. The van der Waals surface area contributed by atoms with Crippen LogP contribution in [0.2, 0.25) is 5.02 Å². The average molecular weight is 676 g/mol. The van der Waals surface area contributed by atoms with Crippen LogP contribution >= 0.6 is 43.5 Å². The number of rotatable bonds is 4. The van der Waals surface area contributed by atoms with Crippen LogP contribution in [-0.2, 0) is 11.0 Å². The molecule has 1 unspecified atom stereocenters. The van der Waals surface area contributed by atoms with Gasteiger partial charge in [0.2, 0.25) is 0 Å². The summed E-state index contributed by atoms with van der Waals surface area (Å²) in [5.74, 6) is -1.72. The van der Waals surface area contributed by atoms with E-state index in [1.54, 1.807) is 6.08 Å². The molecule has 2 aliphatic carbocycles. The number of hydrogen-bond donors (Lipinski definition) is 2. The maximum Gasteiger partial charge on any atom is 0.435 e. The first-order chi connectivity index (χ1) is 17.7. The zero-order chi connectivity index (χ0) is 28.0. The first-order valence-electron chi connectivity index (χ1n) is 11.3. The Morgan fingerprint density at radius 3 is 2.50 bits per heavy atom. The van der Waals surface area contributed by atoms with Gasteiger partial charge in [-0.1, -0.05) is 45.8 Å². The van der Waals surface area contributed by atoms with Crippen molar-refractivity contribution in [2.75, 3.05) is 0 Å². The van der Waals surface area contributed by atoms with Gasteiger partial charge in [0.25, 0.3) is 11.8 Å². The molecule has 7 nitrogen and oxygen atoms in total. The highest BCUT2D eigenvalue weighted by molar-refractivity contribution is 9.12. The summed E-state index contributed by atoms with van der Waals surface area (Å²) < 4.78 is 42.8. The summed E-state index contributed by atoms with van der Waals surface area (Å²) in [4.78, 5) is 30.8. The van der Waals surface area contributed by atoms with Crippen LogP contribution < -0.4 is 10.6 Å². The van der Waals surface area contributed by atoms with Crippen molar-refractivity contribution >= 4 is 55.3 Å². The third-order valence-electron chi connectivity index (χ3n) is 5.51. The molecule has 1 atom stereocenters. The fourth-order valence-electron chi connectivity index (χ4n) is 3.90. The Labute approximate surface area is 238 Å². The van der Waals surface area contributed by atoms with E-state index in [4.69, 9.17) is 11.6 Å². The lowest BCUT2D eigenvalue weighted by atomic mass is 9.83. The number of fused-ring (bicyclic) bond motifs is 1. The lowest BCUT2D eigenvalue weighted by Crippen LogP contribution is -2.43. The fourth-order valence-corrected chi connectivity index (χ4v) is 5.32. The van der Waals surface area contributed by atoms with Crippen molar-refractivity contribution < 1.29 is 22.8 Å². The van der Waals surface area contributed by atoms with E-state index >= 15 is 0 Å². The van der Waals surface area contributed by atoms with Crippen molar-refractivity contribution in [2.24, 2.45) is 5.92 Å². The first kappa shape index (κ1) is 28.3. The van der Waals surface area contributed by atoms with Gasteiger partial charge in [-0.15, -0.1) is 0 Å². The Balaban J connectivity index is 1.80. The Bertz CT molecular complexity index is 1450. The predicted octanol–water partition coefficient (Wildman–Crippen LogP) is 6.36. The van der Waals surface area contributed by atoms with Crippen molar-refractivity contribution in [2.45, 2.75) is 38.9 Å². The van der Waals surface area contributed by atoms with E-state index in [1.165, 1.54) is 18.3 Å². The molecular formula is C25H21Br2ClF3N5O2. The van der Waals surface area contributed by atoms with Gasteiger partial charge < -0.3 is 10.6 Å². The highest BCUT2D eigenvalue weighted by Gasteiger charge is 2.38. The van der Waals surface area contributed by atoms with Crippen molar-refractivity contribution in [3.8, 4) is 5.82 Å². The van der Waals surface area contributed by atoms with Gasteiger partial charge in [0.1, 0.15) is 5.69 Å². The predicted molar refractivity (Wildman–Crippen MR) is 144 cm³/mol. The van der Waals surface area contributed by atoms with E-state index in [0.717, 1.165) is 14.7 Å². The molecule has 38 heavy (non-hydrogen) atoms. The number of nitrogens with one attached hydrogen (secondary N) is 2. The van der Waals surface area contributed by atoms with Gasteiger partial charge in [0, 0.05) is 28.2 Å². The molecular weight excluding hydrogens is 655 g/mol. The number of nitrogens with zero attached hydrogens (tertiary/aromatic N) is 3. The molecule has 2 aromatic rings. The number of carbonyl (C=O) groups excluding carboxylic acids is 2. The SMILES string of the molecule is CC(C)(C)NC(=O)C1=CC2CC(Br)=CC=C2C(Br)=C1NC(=O)c1cc(C(F)(F)F)nn1-c1ncccc1Cl. The number of aromatic nitrogens is 3. The monoisotopic (exact) mass is 673 g/mol. The maximum atomic E-state index is 13.6. The second kappa shape index (κ2) is 10.5. The molecule has 0 bridgehead atoms. The summed E-state index contributed by atoms with van der Waals surface area (Å²) in [6.07, 6.45) is 2.50. The lowest BCUT2D eigenvalue weighted by Gasteiger charge is -2.30. The van der Waals surface area contributed by atoms with Crippen molar-refractivity contribution in [1.29, 1.82) is 0 Å². The standard InChI is InChI=1S/C25H21Br2ClF3N5O2/c1-24(2,3)34-22(37)15-10-12-9-13(26)6-7-14(12)19(27)20(15)33-23(38)17-11-18(25(29,30)31)35-36(17)21-16(28)5-4-8-32-21/h4-8,10-12H,9H2,1-3H3,(H,33,38)(H,34,37). The summed E-state index contributed by atoms with van der Waals surface area (Å²) in [7, 11) is 0. The molecule has 13 heteroatoms. The number of pyridine rings is 1. The lowest BCUT2D eigenvalue weighted by molar-refractivity contribution is -0.141. The second-order valence-electron chi connectivity index (χ2n) is 9.61. The zero-order valence-corrected chi connectivity index (χ0v) is 24.2. The Hall–Kier alpha value is -2.70. The molecule has 0 saturated heterocycles. The van der Waals surface area contributed by atoms with Crippen molar-refractivity contribution in [1.82, 2.24) is 25.4 Å². The van der Waals surface area contributed by atoms with E-state index in [9.17, 15) is 22.8 Å². The van der Waals surface area contributed by atoms with Crippen molar-refractivity contribution in [3.63, 3.8) is 0 Å². The normalized spacial score (nSPS) is 17.8. The molecule has 2 N–H and O–H groups in total. The maximum absolute atomic E-state index is 13.6. The van der Waals surface area contributed by atoms with E-state index < -0.39 is 34.9 Å². The molecule has 0 saturated carbocycles. The molecule has 200 valence electrons. The van der Waals surface area contributed by atoms with Gasteiger partial charge in [-0.3, -0.25) is 9.59 Å².